The molecule has 0 radical (unpaired) electrons. The molecule has 28 heavy (non-hydrogen) atoms. The highest BCUT2D eigenvalue weighted by Gasteiger charge is 2.20. The monoisotopic (exact) mass is 388 g/mol. The van der Waals surface area contributed by atoms with Gasteiger partial charge in [-0.3, -0.25) is 9.69 Å². The minimum absolute atomic E-state index is 0.134. The predicted molar refractivity (Wildman–Crippen MR) is 109 cm³/mol. The maximum absolute atomic E-state index is 12.7. The van der Waals surface area contributed by atoms with Gasteiger partial charge in [0.15, 0.2) is 0 Å². The molecule has 1 atom stereocenters. The zero-order valence-corrected chi connectivity index (χ0v) is 17.2. The molecule has 7 nitrogen and oxygen atoms in total. The Morgan fingerprint density at radius 3 is 2.07 bits per heavy atom. The lowest BCUT2D eigenvalue weighted by Crippen LogP contribution is -2.39. The number of hydrogen-bond donors (Lipinski definition) is 1. The number of hydrogen-bond acceptors (Lipinski definition) is 6. The summed E-state index contributed by atoms with van der Waals surface area (Å²) in [6.07, 6.45) is 0. The maximum atomic E-state index is 12.7. The molecule has 0 spiro atoms. The zero-order chi connectivity index (χ0) is 20.7. The van der Waals surface area contributed by atoms with E-state index < -0.39 is 0 Å². The molecule has 0 saturated carbocycles. The number of rotatable bonds is 9. The summed E-state index contributed by atoms with van der Waals surface area (Å²) in [5.41, 5.74) is 1.58. The second-order valence-electron chi connectivity index (χ2n) is 6.36. The largest absolute Gasteiger partial charge is 0.497 e. The quantitative estimate of drug-likeness (QED) is 0.712. The molecule has 0 fully saturated rings. The normalized spacial score (nSPS) is 11.7. The summed E-state index contributed by atoms with van der Waals surface area (Å²) in [5, 5.41) is 2.91. The van der Waals surface area contributed by atoms with Crippen molar-refractivity contribution in [1.29, 1.82) is 0 Å². The molecule has 2 aromatic carbocycles. The van der Waals surface area contributed by atoms with Crippen LogP contribution in [-0.2, 0) is 11.3 Å². The Kier molecular flexibility index (Phi) is 7.52. The zero-order valence-electron chi connectivity index (χ0n) is 17.2. The first-order valence-electron chi connectivity index (χ1n) is 8.86. The van der Waals surface area contributed by atoms with Crippen molar-refractivity contribution in [1.82, 2.24) is 4.90 Å². The molecule has 0 aliphatic carbocycles. The van der Waals surface area contributed by atoms with Crippen LogP contribution in [-0.4, -0.2) is 52.3 Å². The van der Waals surface area contributed by atoms with Crippen molar-refractivity contribution < 1.29 is 23.7 Å². The third-order valence-electron chi connectivity index (χ3n) is 4.57. The van der Waals surface area contributed by atoms with E-state index in [1.807, 2.05) is 37.1 Å². The number of nitrogens with one attached hydrogen (secondary N) is 1. The third kappa shape index (κ3) is 5.29. The first kappa shape index (κ1) is 21.4. The summed E-state index contributed by atoms with van der Waals surface area (Å²) >= 11 is 0. The lowest BCUT2D eigenvalue weighted by Gasteiger charge is -2.25. The first-order chi connectivity index (χ1) is 13.4. The number of methoxy groups -OCH3 is 4. The predicted octanol–water partition coefficient (Wildman–Crippen LogP) is 3.18. The van der Waals surface area contributed by atoms with Crippen LogP contribution in [0.5, 0.6) is 23.0 Å². The van der Waals surface area contributed by atoms with Gasteiger partial charge >= 0.3 is 0 Å². The highest BCUT2D eigenvalue weighted by Crippen LogP contribution is 2.27. The van der Waals surface area contributed by atoms with E-state index in [-0.39, 0.29) is 11.9 Å². The van der Waals surface area contributed by atoms with Crippen LogP contribution < -0.4 is 24.3 Å². The molecule has 2 aromatic rings. The summed E-state index contributed by atoms with van der Waals surface area (Å²) < 4.78 is 21.2. The van der Waals surface area contributed by atoms with Gasteiger partial charge in [0.1, 0.15) is 23.0 Å². The number of carbonyl (C=O) groups excluding carboxylic acids is 1. The Bertz CT molecular complexity index is 787. The molecule has 0 aliphatic rings. The Balaban J connectivity index is 2.09. The van der Waals surface area contributed by atoms with E-state index in [1.165, 1.54) is 0 Å². The van der Waals surface area contributed by atoms with Crippen LogP contribution in [0.3, 0.4) is 0 Å². The average Bonchev–Trinajstić information content (AvgIpc) is 2.72. The summed E-state index contributed by atoms with van der Waals surface area (Å²) in [6, 6.07) is 10.5. The number of carbonyl (C=O) groups is 1. The molecule has 0 unspecified atom stereocenters. The second-order valence-corrected chi connectivity index (χ2v) is 6.36. The Labute approximate surface area is 166 Å². The van der Waals surface area contributed by atoms with Crippen LogP contribution in [0.4, 0.5) is 5.69 Å². The van der Waals surface area contributed by atoms with Crippen molar-refractivity contribution in [2.75, 3.05) is 40.8 Å². The Morgan fingerprint density at radius 1 is 0.929 bits per heavy atom. The SMILES string of the molecule is COc1cc(NC(=O)[C@@H](C)N(C)Cc2ccc(OC)cc2OC)cc(OC)c1. The second kappa shape index (κ2) is 9.85. The smallest absolute Gasteiger partial charge is 0.241 e. The summed E-state index contributed by atoms with van der Waals surface area (Å²) in [4.78, 5) is 14.7. The molecule has 0 aromatic heterocycles. The Hall–Kier alpha value is -2.93. The van der Waals surface area contributed by atoms with Crippen molar-refractivity contribution in [3.63, 3.8) is 0 Å². The van der Waals surface area contributed by atoms with E-state index in [2.05, 4.69) is 5.32 Å². The van der Waals surface area contributed by atoms with Crippen molar-refractivity contribution >= 4 is 11.6 Å². The number of likely N-dealkylation sites (N-methyl/N-ethyl adjacent to an activating group) is 1. The highest BCUT2D eigenvalue weighted by molar-refractivity contribution is 5.94. The van der Waals surface area contributed by atoms with Gasteiger partial charge in [-0.25, -0.2) is 0 Å². The van der Waals surface area contributed by atoms with Crippen molar-refractivity contribution in [2.45, 2.75) is 19.5 Å². The van der Waals surface area contributed by atoms with Gasteiger partial charge in [0.2, 0.25) is 5.91 Å². The molecule has 152 valence electrons. The molecular weight excluding hydrogens is 360 g/mol. The van der Waals surface area contributed by atoms with Crippen LogP contribution in [0.25, 0.3) is 0 Å². The van der Waals surface area contributed by atoms with Crippen molar-refractivity contribution in [2.24, 2.45) is 0 Å². The van der Waals surface area contributed by atoms with Crippen LogP contribution in [0.2, 0.25) is 0 Å². The molecule has 7 heteroatoms. The molecule has 2 rings (SSSR count). The maximum Gasteiger partial charge on any atom is 0.241 e. The molecule has 0 bridgehead atoms. The number of nitrogens with zero attached hydrogens (tertiary/aromatic N) is 1. The minimum atomic E-state index is -0.371. The third-order valence-corrected chi connectivity index (χ3v) is 4.57. The average molecular weight is 388 g/mol. The van der Waals surface area contributed by atoms with E-state index in [0.717, 1.165) is 17.1 Å². The fraction of sp³-hybridized carbons (Fsp3) is 0.381. The minimum Gasteiger partial charge on any atom is -0.497 e. The van der Waals surface area contributed by atoms with E-state index >= 15 is 0 Å². The highest BCUT2D eigenvalue weighted by atomic mass is 16.5. The van der Waals surface area contributed by atoms with E-state index in [9.17, 15) is 4.79 Å². The number of anilines is 1. The van der Waals surface area contributed by atoms with Gasteiger partial charge in [-0.1, -0.05) is 6.07 Å². The van der Waals surface area contributed by atoms with Gasteiger partial charge < -0.3 is 24.3 Å². The van der Waals surface area contributed by atoms with E-state index in [4.69, 9.17) is 18.9 Å². The van der Waals surface area contributed by atoms with Crippen LogP contribution >= 0.6 is 0 Å². The summed E-state index contributed by atoms with van der Waals surface area (Å²) in [6.45, 7) is 2.39. The fourth-order valence-corrected chi connectivity index (χ4v) is 2.71. The van der Waals surface area contributed by atoms with Crippen molar-refractivity contribution in [3.8, 4) is 23.0 Å². The van der Waals surface area contributed by atoms with E-state index in [0.29, 0.717) is 23.7 Å². The standard InChI is InChI=1S/C21H28N2O5/c1-14(21(24)22-16-9-18(26-4)11-19(10-16)27-5)23(2)13-15-7-8-17(25-3)12-20(15)28-6/h7-12,14H,13H2,1-6H3,(H,22,24)/t14-/m1/s1. The van der Waals surface area contributed by atoms with Crippen LogP contribution in [0.1, 0.15) is 12.5 Å². The number of amides is 1. The van der Waals surface area contributed by atoms with Crippen LogP contribution in [0.15, 0.2) is 36.4 Å². The van der Waals surface area contributed by atoms with Gasteiger partial charge in [-0.15, -0.1) is 0 Å². The molecule has 0 heterocycles. The van der Waals surface area contributed by atoms with Crippen molar-refractivity contribution in [3.05, 3.63) is 42.0 Å². The summed E-state index contributed by atoms with van der Waals surface area (Å²) in [7, 11) is 8.25. The summed E-state index contributed by atoms with van der Waals surface area (Å²) in [5.74, 6) is 2.53. The number of benzene rings is 2. The molecule has 0 saturated heterocycles. The molecular formula is C21H28N2O5. The Morgan fingerprint density at radius 2 is 1.54 bits per heavy atom. The van der Waals surface area contributed by atoms with E-state index in [1.54, 1.807) is 46.6 Å². The topological polar surface area (TPSA) is 69.3 Å². The fourth-order valence-electron chi connectivity index (χ4n) is 2.71. The van der Waals surface area contributed by atoms with Gasteiger partial charge in [0.25, 0.3) is 0 Å². The van der Waals surface area contributed by atoms with Gasteiger partial charge in [0.05, 0.1) is 34.5 Å². The van der Waals surface area contributed by atoms with Gasteiger partial charge in [0, 0.05) is 42.1 Å². The first-order valence-corrected chi connectivity index (χ1v) is 8.86. The lowest BCUT2D eigenvalue weighted by molar-refractivity contribution is -0.120. The molecule has 1 amide bonds. The van der Waals surface area contributed by atoms with Gasteiger partial charge in [-0.2, -0.15) is 0 Å². The molecule has 0 aliphatic heterocycles. The molecule has 1 N–H and O–H groups in total. The van der Waals surface area contributed by atoms with Crippen LogP contribution in [0, 0.1) is 0 Å². The lowest BCUT2D eigenvalue weighted by atomic mass is 10.1. The van der Waals surface area contributed by atoms with Gasteiger partial charge in [-0.05, 0) is 20.0 Å². The number of ether oxygens (including phenoxy) is 4.